The maximum atomic E-state index is 13.1. The van der Waals surface area contributed by atoms with Gasteiger partial charge in [0.1, 0.15) is 11.0 Å². The van der Waals surface area contributed by atoms with Crippen molar-refractivity contribution in [3.8, 4) is 0 Å². The van der Waals surface area contributed by atoms with Gasteiger partial charge in [-0.3, -0.25) is 0 Å². The Labute approximate surface area is 131 Å². The van der Waals surface area contributed by atoms with Crippen molar-refractivity contribution in [1.29, 1.82) is 0 Å². The van der Waals surface area contributed by atoms with Crippen molar-refractivity contribution >= 4 is 23.0 Å². The summed E-state index contributed by atoms with van der Waals surface area (Å²) in [5.41, 5.74) is -1.58. The van der Waals surface area contributed by atoms with Crippen molar-refractivity contribution in [1.82, 2.24) is 0 Å². The first-order valence-electron chi connectivity index (χ1n) is 5.87. The number of aliphatic imine (C=N–C) groups is 2. The fourth-order valence-electron chi connectivity index (χ4n) is 1.26. The third kappa shape index (κ3) is 5.85. The summed E-state index contributed by atoms with van der Waals surface area (Å²) in [4.78, 5) is 7.49. The molecule has 0 aliphatic heterocycles. The summed E-state index contributed by atoms with van der Waals surface area (Å²) in [6, 6.07) is 0. The van der Waals surface area contributed by atoms with Crippen LogP contribution in [-0.2, 0) is 4.74 Å². The molecule has 0 aliphatic carbocycles. The topological polar surface area (TPSA) is 34.0 Å². The van der Waals surface area contributed by atoms with Crippen LogP contribution in [0.2, 0.25) is 0 Å². The average Bonchev–Trinajstić information content (AvgIpc) is 2.41. The van der Waals surface area contributed by atoms with Gasteiger partial charge in [-0.2, -0.15) is 13.2 Å². The summed E-state index contributed by atoms with van der Waals surface area (Å²) in [7, 11) is 0.935. The Bertz CT molecular complexity index is 572. The van der Waals surface area contributed by atoms with Crippen LogP contribution in [0.25, 0.3) is 0 Å². The Morgan fingerprint density at radius 1 is 1.27 bits per heavy atom. The van der Waals surface area contributed by atoms with Crippen LogP contribution >= 0.6 is 11.6 Å². The van der Waals surface area contributed by atoms with Crippen LogP contribution in [0.15, 0.2) is 57.7 Å². The zero-order valence-electron chi connectivity index (χ0n) is 12.3. The maximum Gasteiger partial charge on any atom is 0.424 e. The van der Waals surface area contributed by atoms with Gasteiger partial charge in [-0.1, -0.05) is 30.8 Å². The fourth-order valence-corrected chi connectivity index (χ4v) is 1.35. The van der Waals surface area contributed by atoms with Gasteiger partial charge >= 0.3 is 6.18 Å². The second-order valence-corrected chi connectivity index (χ2v) is 4.18. The third-order valence-corrected chi connectivity index (χ3v) is 2.56. The first-order valence-corrected chi connectivity index (χ1v) is 6.25. The lowest BCUT2D eigenvalue weighted by Crippen LogP contribution is -2.17. The molecule has 0 aliphatic rings. The summed E-state index contributed by atoms with van der Waals surface area (Å²) in [6.45, 7) is 9.09. The molecule has 8 heteroatoms. The summed E-state index contributed by atoms with van der Waals surface area (Å²) >= 11 is 5.71. The molecule has 0 N–H and O–H groups in total. The molecule has 0 atom stereocenters. The van der Waals surface area contributed by atoms with E-state index in [1.165, 1.54) is 19.1 Å². The number of ether oxygens (including phenoxy) is 1. The molecule has 0 rings (SSSR count). The molecule has 0 saturated carbocycles. The number of methoxy groups -OCH3 is 1. The van der Waals surface area contributed by atoms with Crippen LogP contribution in [0.4, 0.5) is 17.6 Å². The number of allylic oxidation sites excluding steroid dienone is 4. The standard InChI is InChI=1S/C14H15ClF4N2O/c1-6-10(21-11(15)7-2)9(4)20-13(22-5)12(8(3)16)14(17,18)19/h6-7H,1,3H2,2,4-5H3/b11-7-,13-12-,20-9?,21-10?. The van der Waals surface area contributed by atoms with Crippen molar-refractivity contribution in [2.75, 3.05) is 7.11 Å². The molecular formula is C14H15ClF4N2O. The number of hydrogen-bond donors (Lipinski definition) is 0. The second-order valence-electron chi connectivity index (χ2n) is 3.80. The molecule has 0 fully saturated rings. The van der Waals surface area contributed by atoms with E-state index in [0.717, 1.165) is 7.11 Å². The lowest BCUT2D eigenvalue weighted by molar-refractivity contribution is -0.0943. The van der Waals surface area contributed by atoms with Crippen molar-refractivity contribution in [2.45, 2.75) is 20.0 Å². The van der Waals surface area contributed by atoms with E-state index in [4.69, 9.17) is 11.6 Å². The highest BCUT2D eigenvalue weighted by Gasteiger charge is 2.40. The van der Waals surface area contributed by atoms with Gasteiger partial charge in [0.2, 0.25) is 5.88 Å². The maximum absolute atomic E-state index is 13.1. The van der Waals surface area contributed by atoms with E-state index in [9.17, 15) is 17.6 Å². The Kier molecular flexibility index (Phi) is 7.80. The number of nitrogens with zero attached hydrogens (tertiary/aromatic N) is 2. The Balaban J connectivity index is 6.12. The van der Waals surface area contributed by atoms with Crippen LogP contribution in [0.1, 0.15) is 13.8 Å². The lowest BCUT2D eigenvalue weighted by atomic mass is 10.2. The van der Waals surface area contributed by atoms with Crippen LogP contribution in [0, 0.1) is 0 Å². The Hall–Kier alpha value is -1.89. The van der Waals surface area contributed by atoms with Crippen LogP contribution in [0.3, 0.4) is 0 Å². The highest BCUT2D eigenvalue weighted by molar-refractivity contribution is 6.47. The van der Waals surface area contributed by atoms with Crippen molar-refractivity contribution in [2.24, 2.45) is 9.98 Å². The highest BCUT2D eigenvalue weighted by Crippen LogP contribution is 2.34. The molecule has 0 aromatic rings. The first-order chi connectivity index (χ1) is 10.1. The molecule has 0 spiro atoms. The first kappa shape index (κ1) is 20.1. The predicted molar refractivity (Wildman–Crippen MR) is 80.7 cm³/mol. The molecule has 22 heavy (non-hydrogen) atoms. The van der Waals surface area contributed by atoms with E-state index in [-0.39, 0.29) is 16.6 Å². The minimum atomic E-state index is -5.01. The summed E-state index contributed by atoms with van der Waals surface area (Å²) in [5.74, 6) is -2.67. The molecule has 3 nitrogen and oxygen atoms in total. The van der Waals surface area contributed by atoms with Crippen LogP contribution < -0.4 is 0 Å². The SMILES string of the molecule is C=CC(=N/C(Cl)=C\C)C(C)=N/C(OC)=C(\C(=C)F)C(F)(F)F. The van der Waals surface area contributed by atoms with E-state index < -0.39 is 23.5 Å². The van der Waals surface area contributed by atoms with Crippen molar-refractivity contribution in [3.05, 3.63) is 47.7 Å². The minimum absolute atomic E-state index is 0.00912. The molecule has 0 heterocycles. The minimum Gasteiger partial charge on any atom is -0.480 e. The lowest BCUT2D eigenvalue weighted by Gasteiger charge is -2.13. The van der Waals surface area contributed by atoms with Crippen LogP contribution in [-0.4, -0.2) is 24.7 Å². The van der Waals surface area contributed by atoms with Crippen LogP contribution in [0.5, 0.6) is 0 Å². The molecule has 0 radical (unpaired) electrons. The smallest absolute Gasteiger partial charge is 0.424 e. The zero-order chi connectivity index (χ0) is 17.5. The number of alkyl halides is 3. The van der Waals surface area contributed by atoms with Gasteiger partial charge in [-0.15, -0.1) is 0 Å². The Morgan fingerprint density at radius 3 is 2.14 bits per heavy atom. The van der Waals surface area contributed by atoms with E-state index in [1.807, 2.05) is 0 Å². The van der Waals surface area contributed by atoms with Gasteiger partial charge < -0.3 is 4.74 Å². The molecule has 0 unspecified atom stereocenters. The molecule has 0 aromatic heterocycles. The number of rotatable bonds is 6. The van der Waals surface area contributed by atoms with Gasteiger partial charge in [0, 0.05) is 0 Å². The van der Waals surface area contributed by atoms with Crippen molar-refractivity contribution < 1.29 is 22.3 Å². The van der Waals surface area contributed by atoms with Gasteiger partial charge in [0.15, 0.2) is 5.57 Å². The van der Waals surface area contributed by atoms with E-state index in [2.05, 4.69) is 27.9 Å². The zero-order valence-corrected chi connectivity index (χ0v) is 13.0. The van der Waals surface area contributed by atoms with Gasteiger partial charge in [0.05, 0.1) is 18.5 Å². The summed E-state index contributed by atoms with van der Waals surface area (Å²) in [6.07, 6.45) is -2.29. The molecular weight excluding hydrogens is 324 g/mol. The average molecular weight is 339 g/mol. The van der Waals surface area contributed by atoms with Gasteiger partial charge in [0.25, 0.3) is 0 Å². The van der Waals surface area contributed by atoms with E-state index in [1.54, 1.807) is 6.92 Å². The Morgan fingerprint density at radius 2 is 1.82 bits per heavy atom. The van der Waals surface area contributed by atoms with Crippen molar-refractivity contribution in [3.63, 3.8) is 0 Å². The number of hydrogen-bond acceptors (Lipinski definition) is 3. The van der Waals surface area contributed by atoms with Gasteiger partial charge in [-0.25, -0.2) is 14.4 Å². The molecule has 0 amide bonds. The largest absolute Gasteiger partial charge is 0.480 e. The monoisotopic (exact) mass is 338 g/mol. The summed E-state index contributed by atoms with van der Waals surface area (Å²) in [5, 5.41) is 0.0957. The van der Waals surface area contributed by atoms with E-state index in [0.29, 0.717) is 0 Å². The number of halogens is 5. The second kappa shape index (κ2) is 8.53. The molecule has 0 saturated heterocycles. The highest BCUT2D eigenvalue weighted by atomic mass is 35.5. The third-order valence-electron chi connectivity index (χ3n) is 2.26. The molecule has 0 bridgehead atoms. The summed E-state index contributed by atoms with van der Waals surface area (Å²) < 4.78 is 56.1. The molecule has 0 aromatic carbocycles. The normalized spacial score (nSPS) is 15.4. The van der Waals surface area contributed by atoms with Gasteiger partial charge in [-0.05, 0) is 19.9 Å². The fraction of sp³-hybridized carbons (Fsp3) is 0.286. The quantitative estimate of drug-likeness (QED) is 0.219. The molecule has 122 valence electrons. The predicted octanol–water partition coefficient (Wildman–Crippen LogP) is 5.08. The van der Waals surface area contributed by atoms with E-state index >= 15 is 0 Å².